The molecule has 92 valence electrons. The zero-order valence-electron chi connectivity index (χ0n) is 10.3. The fraction of sp³-hybridized carbons (Fsp3) is 0.692. The summed E-state index contributed by atoms with van der Waals surface area (Å²) >= 11 is 0. The Morgan fingerprint density at radius 1 is 1.06 bits per heavy atom. The van der Waals surface area contributed by atoms with Crippen molar-refractivity contribution < 1.29 is 14.3 Å². The Kier molecular flexibility index (Phi) is 9.67. The van der Waals surface area contributed by atoms with Gasteiger partial charge in [0.1, 0.15) is 5.78 Å². The molecule has 0 N–H and O–H groups in total. The number of ether oxygens (including phenoxy) is 1. The number of carbonyl (C=O) groups excluding carboxylic acids is 2. The van der Waals surface area contributed by atoms with Crippen molar-refractivity contribution in [3.63, 3.8) is 0 Å². The number of ketones is 1. The van der Waals surface area contributed by atoms with Crippen LogP contribution in [-0.2, 0) is 14.3 Å². The van der Waals surface area contributed by atoms with E-state index in [0.717, 1.165) is 19.3 Å². The van der Waals surface area contributed by atoms with Crippen molar-refractivity contribution in [1.29, 1.82) is 0 Å². The van der Waals surface area contributed by atoms with Gasteiger partial charge in [-0.15, -0.1) is 0 Å². The van der Waals surface area contributed by atoms with Gasteiger partial charge in [0.25, 0.3) is 0 Å². The maximum Gasteiger partial charge on any atom is 0.306 e. The normalized spacial score (nSPS) is 10.6. The minimum absolute atomic E-state index is 0.134. The monoisotopic (exact) mass is 226 g/mol. The molecular weight excluding hydrogens is 204 g/mol. The predicted molar refractivity (Wildman–Crippen MR) is 64.2 cm³/mol. The Balaban J connectivity index is 3.49. The van der Waals surface area contributed by atoms with E-state index in [0.29, 0.717) is 19.4 Å². The number of esters is 1. The lowest BCUT2D eigenvalue weighted by Gasteiger charge is -2.01. The van der Waals surface area contributed by atoms with Crippen LogP contribution in [0.2, 0.25) is 0 Å². The topological polar surface area (TPSA) is 43.4 Å². The van der Waals surface area contributed by atoms with Gasteiger partial charge in [-0.2, -0.15) is 0 Å². The van der Waals surface area contributed by atoms with Crippen molar-refractivity contribution >= 4 is 11.8 Å². The third-order valence-corrected chi connectivity index (χ3v) is 2.07. The van der Waals surface area contributed by atoms with E-state index in [1.165, 1.54) is 0 Å². The summed E-state index contributed by atoms with van der Waals surface area (Å²) in [5, 5.41) is 0. The van der Waals surface area contributed by atoms with Gasteiger partial charge in [0.15, 0.2) is 0 Å². The number of allylic oxidation sites excluding steroid dienone is 2. The molecule has 3 nitrogen and oxygen atoms in total. The first-order valence-corrected chi connectivity index (χ1v) is 6.03. The molecule has 0 aromatic rings. The summed E-state index contributed by atoms with van der Waals surface area (Å²) in [4.78, 5) is 22.4. The maximum absolute atomic E-state index is 11.3. The SMILES string of the molecule is CC/C=C\CCC(=O)CCC(=O)OCCC. The van der Waals surface area contributed by atoms with Crippen LogP contribution < -0.4 is 0 Å². The molecule has 0 fully saturated rings. The highest BCUT2D eigenvalue weighted by Crippen LogP contribution is 2.01. The molecule has 16 heavy (non-hydrogen) atoms. The second-order valence-electron chi connectivity index (χ2n) is 3.68. The van der Waals surface area contributed by atoms with Gasteiger partial charge in [-0.1, -0.05) is 26.0 Å². The Labute approximate surface area is 97.9 Å². The molecule has 0 atom stereocenters. The lowest BCUT2D eigenvalue weighted by Crippen LogP contribution is -2.08. The maximum atomic E-state index is 11.3. The molecule has 0 saturated carbocycles. The summed E-state index contributed by atoms with van der Waals surface area (Å²) in [6, 6.07) is 0. The van der Waals surface area contributed by atoms with E-state index in [1.807, 2.05) is 19.1 Å². The van der Waals surface area contributed by atoms with Crippen LogP contribution in [0.25, 0.3) is 0 Å². The fourth-order valence-corrected chi connectivity index (χ4v) is 1.18. The fourth-order valence-electron chi connectivity index (χ4n) is 1.18. The number of rotatable bonds is 9. The Morgan fingerprint density at radius 2 is 1.81 bits per heavy atom. The van der Waals surface area contributed by atoms with Gasteiger partial charge in [0.2, 0.25) is 0 Å². The first kappa shape index (κ1) is 14.9. The van der Waals surface area contributed by atoms with Crippen molar-refractivity contribution in [2.45, 2.75) is 52.4 Å². The van der Waals surface area contributed by atoms with Crippen molar-refractivity contribution in [3.8, 4) is 0 Å². The molecule has 0 spiro atoms. The predicted octanol–water partition coefficient (Wildman–Crippen LogP) is 3.04. The Bertz CT molecular complexity index is 231. The molecule has 0 aromatic carbocycles. The summed E-state index contributed by atoms with van der Waals surface area (Å²) in [7, 11) is 0. The van der Waals surface area contributed by atoms with Gasteiger partial charge in [0, 0.05) is 12.8 Å². The molecule has 0 saturated heterocycles. The third-order valence-electron chi connectivity index (χ3n) is 2.07. The van der Waals surface area contributed by atoms with E-state index in [1.54, 1.807) is 0 Å². The van der Waals surface area contributed by atoms with Crippen molar-refractivity contribution in [1.82, 2.24) is 0 Å². The van der Waals surface area contributed by atoms with E-state index in [-0.39, 0.29) is 18.2 Å². The molecular formula is C13H22O3. The van der Waals surface area contributed by atoms with Crippen LogP contribution in [0.1, 0.15) is 52.4 Å². The van der Waals surface area contributed by atoms with Gasteiger partial charge in [-0.25, -0.2) is 0 Å². The third kappa shape index (κ3) is 9.44. The highest BCUT2D eigenvalue weighted by Gasteiger charge is 2.06. The van der Waals surface area contributed by atoms with E-state index >= 15 is 0 Å². The first-order valence-electron chi connectivity index (χ1n) is 6.03. The van der Waals surface area contributed by atoms with Crippen LogP contribution in [0.5, 0.6) is 0 Å². The van der Waals surface area contributed by atoms with Crippen LogP contribution in [0.15, 0.2) is 12.2 Å². The average molecular weight is 226 g/mol. The largest absolute Gasteiger partial charge is 0.466 e. The van der Waals surface area contributed by atoms with Crippen LogP contribution >= 0.6 is 0 Å². The van der Waals surface area contributed by atoms with Crippen LogP contribution in [-0.4, -0.2) is 18.4 Å². The molecule has 0 unspecified atom stereocenters. The summed E-state index contributed by atoms with van der Waals surface area (Å²) in [5.41, 5.74) is 0. The van der Waals surface area contributed by atoms with E-state index < -0.39 is 0 Å². The van der Waals surface area contributed by atoms with Crippen molar-refractivity contribution in [2.75, 3.05) is 6.61 Å². The molecule has 0 aliphatic heterocycles. The van der Waals surface area contributed by atoms with Gasteiger partial charge in [-0.05, 0) is 19.3 Å². The smallest absolute Gasteiger partial charge is 0.306 e. The van der Waals surface area contributed by atoms with Crippen LogP contribution in [0, 0.1) is 0 Å². The molecule has 0 radical (unpaired) electrons. The van der Waals surface area contributed by atoms with E-state index in [9.17, 15) is 9.59 Å². The molecule has 0 amide bonds. The van der Waals surface area contributed by atoms with Crippen molar-refractivity contribution in [2.24, 2.45) is 0 Å². The number of hydrogen-bond acceptors (Lipinski definition) is 3. The highest BCUT2D eigenvalue weighted by atomic mass is 16.5. The molecule has 0 aliphatic carbocycles. The lowest BCUT2D eigenvalue weighted by molar-refractivity contribution is -0.144. The molecule has 3 heteroatoms. The Morgan fingerprint density at radius 3 is 2.44 bits per heavy atom. The lowest BCUT2D eigenvalue weighted by atomic mass is 10.1. The summed E-state index contributed by atoms with van der Waals surface area (Å²) in [5.74, 6) is -0.131. The number of Topliss-reactive ketones (excluding diaryl/α,β-unsaturated/α-hetero) is 1. The number of hydrogen-bond donors (Lipinski definition) is 0. The zero-order valence-corrected chi connectivity index (χ0v) is 10.3. The second kappa shape index (κ2) is 10.4. The minimum atomic E-state index is -0.265. The summed E-state index contributed by atoms with van der Waals surface area (Å²) in [6.07, 6.45) is 7.70. The van der Waals surface area contributed by atoms with Crippen LogP contribution in [0.4, 0.5) is 0 Å². The quantitative estimate of drug-likeness (QED) is 0.448. The minimum Gasteiger partial charge on any atom is -0.466 e. The average Bonchev–Trinajstić information content (AvgIpc) is 2.29. The summed E-state index contributed by atoms with van der Waals surface area (Å²) < 4.78 is 4.88. The summed E-state index contributed by atoms with van der Waals surface area (Å²) in [6.45, 7) is 4.45. The van der Waals surface area contributed by atoms with Gasteiger partial charge in [0.05, 0.1) is 13.0 Å². The first-order chi connectivity index (χ1) is 7.70. The van der Waals surface area contributed by atoms with E-state index in [4.69, 9.17) is 4.74 Å². The molecule has 0 aromatic heterocycles. The second-order valence-corrected chi connectivity index (χ2v) is 3.68. The van der Waals surface area contributed by atoms with E-state index in [2.05, 4.69) is 6.92 Å². The Hall–Kier alpha value is -1.12. The molecule has 0 heterocycles. The zero-order chi connectivity index (χ0) is 12.2. The van der Waals surface area contributed by atoms with Gasteiger partial charge < -0.3 is 4.74 Å². The number of carbonyl (C=O) groups is 2. The highest BCUT2D eigenvalue weighted by molar-refractivity contribution is 5.82. The molecule has 0 bridgehead atoms. The standard InChI is InChI=1S/C13H22O3/c1-3-5-6-7-8-12(14)9-10-13(15)16-11-4-2/h5-6H,3-4,7-11H2,1-2H3/b6-5-. The van der Waals surface area contributed by atoms with Gasteiger partial charge in [-0.3, -0.25) is 9.59 Å². The molecule has 0 rings (SSSR count). The van der Waals surface area contributed by atoms with Crippen LogP contribution in [0.3, 0.4) is 0 Å². The molecule has 0 aliphatic rings. The van der Waals surface area contributed by atoms with Crippen molar-refractivity contribution in [3.05, 3.63) is 12.2 Å². The van der Waals surface area contributed by atoms with Gasteiger partial charge >= 0.3 is 5.97 Å².